The molecule has 0 spiro atoms. The van der Waals surface area contributed by atoms with Gasteiger partial charge in [0.2, 0.25) is 0 Å². The van der Waals surface area contributed by atoms with E-state index in [0.717, 1.165) is 18.0 Å². The van der Waals surface area contributed by atoms with Gasteiger partial charge < -0.3 is 0 Å². The molecular weight excluding hydrogens is 242 g/mol. The first-order valence-electron chi connectivity index (χ1n) is 7.69. The van der Waals surface area contributed by atoms with Gasteiger partial charge in [0.1, 0.15) is 0 Å². The summed E-state index contributed by atoms with van der Waals surface area (Å²) >= 11 is 0. The second-order valence-electron chi connectivity index (χ2n) is 5.69. The Labute approximate surface area is 123 Å². The molecule has 1 aromatic heterocycles. The van der Waals surface area contributed by atoms with Crippen LogP contribution < -0.4 is 0 Å². The number of hydrogen-bond acceptors (Lipinski definition) is 1. The standard InChI is InChI=1S/C19H25N/c1-5-14(3)12-17-9-10-18(13-16(17)6-2)19-8-7-11-20-15(19)4/h7-11,13-14H,5-6,12H2,1-4H3. The lowest BCUT2D eigenvalue weighted by Crippen LogP contribution is -2.02. The number of nitrogens with zero attached hydrogens (tertiary/aromatic N) is 1. The van der Waals surface area contributed by atoms with Crippen molar-refractivity contribution in [1.29, 1.82) is 0 Å². The normalized spacial score (nSPS) is 12.4. The molecule has 1 aromatic carbocycles. The van der Waals surface area contributed by atoms with E-state index in [4.69, 9.17) is 0 Å². The quantitative estimate of drug-likeness (QED) is 0.725. The third-order valence-corrected chi connectivity index (χ3v) is 4.17. The summed E-state index contributed by atoms with van der Waals surface area (Å²) in [4.78, 5) is 4.40. The summed E-state index contributed by atoms with van der Waals surface area (Å²) in [5, 5.41) is 0. The van der Waals surface area contributed by atoms with Crippen molar-refractivity contribution in [2.24, 2.45) is 5.92 Å². The second-order valence-corrected chi connectivity index (χ2v) is 5.69. The Morgan fingerprint density at radius 3 is 2.55 bits per heavy atom. The van der Waals surface area contributed by atoms with Crippen LogP contribution in [0.15, 0.2) is 36.5 Å². The lowest BCUT2D eigenvalue weighted by Gasteiger charge is -2.14. The molecule has 0 amide bonds. The molecule has 0 bridgehead atoms. The highest BCUT2D eigenvalue weighted by atomic mass is 14.7. The molecule has 0 radical (unpaired) electrons. The molecule has 1 nitrogen and oxygen atoms in total. The fourth-order valence-electron chi connectivity index (χ4n) is 2.63. The van der Waals surface area contributed by atoms with E-state index in [1.165, 1.54) is 35.1 Å². The summed E-state index contributed by atoms with van der Waals surface area (Å²) < 4.78 is 0. The number of rotatable bonds is 5. The summed E-state index contributed by atoms with van der Waals surface area (Å²) in [7, 11) is 0. The van der Waals surface area contributed by atoms with Crippen LogP contribution in [-0.2, 0) is 12.8 Å². The maximum absolute atomic E-state index is 4.40. The van der Waals surface area contributed by atoms with E-state index in [0.29, 0.717) is 0 Å². The number of benzene rings is 1. The Bertz CT molecular complexity index is 572. The molecule has 0 aliphatic carbocycles. The highest BCUT2D eigenvalue weighted by molar-refractivity contribution is 5.67. The van der Waals surface area contributed by atoms with Crippen LogP contribution in [0, 0.1) is 12.8 Å². The Balaban J connectivity index is 2.37. The largest absolute Gasteiger partial charge is 0.261 e. The smallest absolute Gasteiger partial charge is 0.0450 e. The molecule has 1 heteroatoms. The van der Waals surface area contributed by atoms with Crippen molar-refractivity contribution in [1.82, 2.24) is 4.98 Å². The summed E-state index contributed by atoms with van der Waals surface area (Å²) in [5.41, 5.74) is 6.63. The van der Waals surface area contributed by atoms with Gasteiger partial charge in [0.25, 0.3) is 0 Å². The first-order chi connectivity index (χ1) is 9.65. The van der Waals surface area contributed by atoms with Crippen molar-refractivity contribution < 1.29 is 0 Å². The van der Waals surface area contributed by atoms with Crippen molar-refractivity contribution in [3.8, 4) is 11.1 Å². The van der Waals surface area contributed by atoms with E-state index in [1.54, 1.807) is 0 Å². The van der Waals surface area contributed by atoms with Gasteiger partial charge in [0.05, 0.1) is 0 Å². The van der Waals surface area contributed by atoms with Crippen molar-refractivity contribution in [3.05, 3.63) is 53.3 Å². The van der Waals surface area contributed by atoms with E-state index >= 15 is 0 Å². The fourth-order valence-corrected chi connectivity index (χ4v) is 2.63. The predicted octanol–water partition coefficient (Wildman–Crippen LogP) is 5.21. The first-order valence-corrected chi connectivity index (χ1v) is 7.69. The third kappa shape index (κ3) is 3.27. The average molecular weight is 267 g/mol. The number of aryl methyl sites for hydroxylation is 2. The minimum Gasteiger partial charge on any atom is -0.261 e. The highest BCUT2D eigenvalue weighted by Gasteiger charge is 2.09. The molecule has 0 saturated heterocycles. The van der Waals surface area contributed by atoms with E-state index < -0.39 is 0 Å². The molecular formula is C19H25N. The van der Waals surface area contributed by atoms with E-state index in [2.05, 4.69) is 56.9 Å². The number of pyridine rings is 1. The molecule has 0 saturated carbocycles. The SMILES string of the molecule is CCc1cc(-c2cccnc2C)ccc1CC(C)CC. The van der Waals surface area contributed by atoms with Gasteiger partial charge in [0, 0.05) is 17.5 Å². The van der Waals surface area contributed by atoms with Crippen LogP contribution in [0.25, 0.3) is 11.1 Å². The topological polar surface area (TPSA) is 12.9 Å². The van der Waals surface area contributed by atoms with Crippen molar-refractivity contribution >= 4 is 0 Å². The minimum absolute atomic E-state index is 0.756. The van der Waals surface area contributed by atoms with Crippen LogP contribution in [0.2, 0.25) is 0 Å². The van der Waals surface area contributed by atoms with Crippen LogP contribution in [0.1, 0.15) is 44.0 Å². The van der Waals surface area contributed by atoms with Gasteiger partial charge in [0.15, 0.2) is 0 Å². The Hall–Kier alpha value is -1.63. The van der Waals surface area contributed by atoms with Crippen molar-refractivity contribution in [2.75, 3.05) is 0 Å². The van der Waals surface area contributed by atoms with E-state index in [9.17, 15) is 0 Å². The third-order valence-electron chi connectivity index (χ3n) is 4.17. The van der Waals surface area contributed by atoms with E-state index in [1.807, 2.05) is 12.3 Å². The minimum atomic E-state index is 0.756. The van der Waals surface area contributed by atoms with Crippen molar-refractivity contribution in [3.63, 3.8) is 0 Å². The highest BCUT2D eigenvalue weighted by Crippen LogP contribution is 2.26. The molecule has 1 heterocycles. The monoisotopic (exact) mass is 267 g/mol. The molecule has 1 atom stereocenters. The zero-order chi connectivity index (χ0) is 14.5. The molecule has 0 aliphatic rings. The second kappa shape index (κ2) is 6.69. The zero-order valence-corrected chi connectivity index (χ0v) is 13.1. The van der Waals surface area contributed by atoms with Crippen LogP contribution in [0.5, 0.6) is 0 Å². The van der Waals surface area contributed by atoms with Crippen LogP contribution in [-0.4, -0.2) is 4.98 Å². The van der Waals surface area contributed by atoms with Gasteiger partial charge >= 0.3 is 0 Å². The van der Waals surface area contributed by atoms with E-state index in [-0.39, 0.29) is 0 Å². The van der Waals surface area contributed by atoms with Gasteiger partial charge in [-0.15, -0.1) is 0 Å². The average Bonchev–Trinajstić information content (AvgIpc) is 2.48. The molecule has 1 unspecified atom stereocenters. The lowest BCUT2D eigenvalue weighted by molar-refractivity contribution is 0.558. The molecule has 106 valence electrons. The van der Waals surface area contributed by atoms with Gasteiger partial charge in [-0.2, -0.15) is 0 Å². The Morgan fingerprint density at radius 2 is 1.90 bits per heavy atom. The molecule has 2 rings (SSSR count). The van der Waals surface area contributed by atoms with Crippen LogP contribution in [0.4, 0.5) is 0 Å². The van der Waals surface area contributed by atoms with Crippen molar-refractivity contribution in [2.45, 2.75) is 47.0 Å². The maximum atomic E-state index is 4.40. The van der Waals surface area contributed by atoms with Gasteiger partial charge in [-0.3, -0.25) is 4.98 Å². The molecule has 0 N–H and O–H groups in total. The summed E-state index contributed by atoms with van der Waals surface area (Å²) in [5.74, 6) is 0.756. The molecule has 20 heavy (non-hydrogen) atoms. The predicted molar refractivity (Wildman–Crippen MR) is 86.9 cm³/mol. The van der Waals surface area contributed by atoms with Gasteiger partial charge in [-0.05, 0) is 48.4 Å². The summed E-state index contributed by atoms with van der Waals surface area (Å²) in [6.45, 7) is 8.92. The fraction of sp³-hybridized carbons (Fsp3) is 0.421. The maximum Gasteiger partial charge on any atom is 0.0450 e. The summed E-state index contributed by atoms with van der Waals surface area (Å²) in [6, 6.07) is 11.1. The first kappa shape index (κ1) is 14.8. The number of hydrogen-bond donors (Lipinski definition) is 0. The lowest BCUT2D eigenvalue weighted by atomic mass is 9.91. The van der Waals surface area contributed by atoms with Gasteiger partial charge in [-0.25, -0.2) is 0 Å². The molecule has 0 fully saturated rings. The Morgan fingerprint density at radius 1 is 1.10 bits per heavy atom. The summed E-state index contributed by atoms with van der Waals surface area (Å²) in [6.07, 6.45) is 5.38. The van der Waals surface area contributed by atoms with Gasteiger partial charge in [-0.1, -0.05) is 51.5 Å². The van der Waals surface area contributed by atoms with Crippen LogP contribution in [0.3, 0.4) is 0 Å². The number of aromatic nitrogens is 1. The molecule has 0 aliphatic heterocycles. The van der Waals surface area contributed by atoms with Crippen LogP contribution >= 0.6 is 0 Å². The molecule has 2 aromatic rings. The zero-order valence-electron chi connectivity index (χ0n) is 13.1. The Kier molecular flexibility index (Phi) is 4.94.